The fourth-order valence-corrected chi connectivity index (χ4v) is 2.15. The molecule has 1 aromatic rings. The predicted octanol–water partition coefficient (Wildman–Crippen LogP) is 3.18. The fourth-order valence-electron chi connectivity index (χ4n) is 2.15. The molecule has 0 saturated heterocycles. The summed E-state index contributed by atoms with van der Waals surface area (Å²) in [6, 6.07) is 8.26. The van der Waals surface area contributed by atoms with Crippen molar-refractivity contribution in [3.8, 4) is 5.75 Å². The maximum atomic E-state index is 5.90. The van der Waals surface area contributed by atoms with E-state index in [1.807, 2.05) is 39.0 Å². The molecule has 0 heterocycles. The molecule has 4 nitrogen and oxygen atoms in total. The SMILES string of the molecule is CCNC(COC(C)COCC)c1ccccc1OCC. The molecule has 0 fully saturated rings. The first kappa shape index (κ1) is 18.0. The van der Waals surface area contributed by atoms with Crippen LogP contribution in [0.15, 0.2) is 24.3 Å². The van der Waals surface area contributed by atoms with Gasteiger partial charge in [0.05, 0.1) is 32.0 Å². The Morgan fingerprint density at radius 3 is 2.48 bits per heavy atom. The van der Waals surface area contributed by atoms with Crippen molar-refractivity contribution in [3.05, 3.63) is 29.8 Å². The molecule has 21 heavy (non-hydrogen) atoms. The van der Waals surface area contributed by atoms with Gasteiger partial charge in [0, 0.05) is 12.2 Å². The summed E-state index contributed by atoms with van der Waals surface area (Å²) in [6.45, 7) is 11.6. The Kier molecular flexibility index (Phi) is 9.06. The van der Waals surface area contributed by atoms with Gasteiger partial charge in [-0.3, -0.25) is 0 Å². The van der Waals surface area contributed by atoms with Crippen molar-refractivity contribution in [2.24, 2.45) is 0 Å². The maximum absolute atomic E-state index is 5.90. The van der Waals surface area contributed by atoms with E-state index in [1.54, 1.807) is 0 Å². The first-order valence-electron chi connectivity index (χ1n) is 7.87. The molecule has 0 saturated carbocycles. The molecule has 120 valence electrons. The zero-order chi connectivity index (χ0) is 15.5. The number of rotatable bonds is 11. The van der Waals surface area contributed by atoms with Crippen LogP contribution in [-0.4, -0.2) is 39.1 Å². The largest absolute Gasteiger partial charge is 0.494 e. The fraction of sp³-hybridized carbons (Fsp3) is 0.647. The van der Waals surface area contributed by atoms with Crippen molar-refractivity contribution in [2.75, 3.05) is 33.0 Å². The average Bonchev–Trinajstić information content (AvgIpc) is 2.50. The highest BCUT2D eigenvalue weighted by molar-refractivity contribution is 5.36. The predicted molar refractivity (Wildman–Crippen MR) is 85.9 cm³/mol. The highest BCUT2D eigenvalue weighted by Gasteiger charge is 2.16. The minimum atomic E-state index is 0.0883. The number of benzene rings is 1. The molecule has 0 radical (unpaired) electrons. The number of ether oxygens (including phenoxy) is 3. The Balaban J connectivity index is 2.68. The molecule has 2 atom stereocenters. The minimum Gasteiger partial charge on any atom is -0.494 e. The molecule has 0 aliphatic carbocycles. The zero-order valence-electron chi connectivity index (χ0n) is 13.7. The van der Waals surface area contributed by atoms with E-state index >= 15 is 0 Å². The van der Waals surface area contributed by atoms with Gasteiger partial charge >= 0.3 is 0 Å². The number of likely N-dealkylation sites (N-methyl/N-ethyl adjacent to an activating group) is 1. The Bertz CT molecular complexity index is 384. The topological polar surface area (TPSA) is 39.7 Å². The van der Waals surface area contributed by atoms with Gasteiger partial charge in [-0.2, -0.15) is 0 Å². The van der Waals surface area contributed by atoms with Crippen molar-refractivity contribution in [1.82, 2.24) is 5.32 Å². The Labute approximate surface area is 128 Å². The molecule has 0 spiro atoms. The number of nitrogens with one attached hydrogen (secondary N) is 1. The van der Waals surface area contributed by atoms with E-state index in [1.165, 1.54) is 0 Å². The third kappa shape index (κ3) is 6.46. The van der Waals surface area contributed by atoms with Crippen LogP contribution in [0.25, 0.3) is 0 Å². The molecule has 1 rings (SSSR count). The van der Waals surface area contributed by atoms with Crippen LogP contribution < -0.4 is 10.1 Å². The Morgan fingerprint density at radius 1 is 1.05 bits per heavy atom. The smallest absolute Gasteiger partial charge is 0.124 e. The van der Waals surface area contributed by atoms with Crippen molar-refractivity contribution in [1.29, 1.82) is 0 Å². The van der Waals surface area contributed by atoms with E-state index in [2.05, 4.69) is 18.3 Å². The molecule has 0 aromatic heterocycles. The summed E-state index contributed by atoms with van der Waals surface area (Å²) in [5.74, 6) is 0.923. The summed E-state index contributed by atoms with van der Waals surface area (Å²) < 4.78 is 17.0. The average molecular weight is 295 g/mol. The molecular formula is C17H29NO3. The third-order valence-corrected chi connectivity index (χ3v) is 3.15. The van der Waals surface area contributed by atoms with E-state index in [4.69, 9.17) is 14.2 Å². The van der Waals surface area contributed by atoms with E-state index < -0.39 is 0 Å². The lowest BCUT2D eigenvalue weighted by Crippen LogP contribution is -2.29. The van der Waals surface area contributed by atoms with Gasteiger partial charge in [-0.25, -0.2) is 0 Å². The molecule has 4 heteroatoms. The van der Waals surface area contributed by atoms with Gasteiger partial charge in [-0.15, -0.1) is 0 Å². The van der Waals surface area contributed by atoms with Crippen LogP contribution in [0.2, 0.25) is 0 Å². The van der Waals surface area contributed by atoms with E-state index in [0.29, 0.717) is 19.8 Å². The summed E-state index contributed by atoms with van der Waals surface area (Å²) in [4.78, 5) is 0. The normalized spacial score (nSPS) is 13.9. The van der Waals surface area contributed by atoms with Crippen LogP contribution in [0.5, 0.6) is 5.75 Å². The quantitative estimate of drug-likeness (QED) is 0.680. The van der Waals surface area contributed by atoms with Crippen LogP contribution >= 0.6 is 0 Å². The molecule has 2 unspecified atom stereocenters. The van der Waals surface area contributed by atoms with Gasteiger partial charge in [0.25, 0.3) is 0 Å². The van der Waals surface area contributed by atoms with E-state index in [-0.39, 0.29) is 12.1 Å². The van der Waals surface area contributed by atoms with Crippen LogP contribution in [0.1, 0.15) is 39.3 Å². The van der Waals surface area contributed by atoms with E-state index in [9.17, 15) is 0 Å². The Hall–Kier alpha value is -1.10. The molecule has 0 aliphatic heterocycles. The minimum absolute atomic E-state index is 0.0883. The zero-order valence-corrected chi connectivity index (χ0v) is 13.7. The van der Waals surface area contributed by atoms with Crippen LogP contribution in [-0.2, 0) is 9.47 Å². The van der Waals surface area contributed by atoms with Gasteiger partial charge in [0.1, 0.15) is 5.75 Å². The molecule has 0 aliphatic rings. The van der Waals surface area contributed by atoms with E-state index in [0.717, 1.165) is 24.5 Å². The highest BCUT2D eigenvalue weighted by Crippen LogP contribution is 2.25. The third-order valence-electron chi connectivity index (χ3n) is 3.15. The summed E-state index contributed by atoms with van der Waals surface area (Å²) in [7, 11) is 0. The molecule has 0 bridgehead atoms. The van der Waals surface area contributed by atoms with Gasteiger partial charge in [0.2, 0.25) is 0 Å². The highest BCUT2D eigenvalue weighted by atomic mass is 16.5. The summed E-state index contributed by atoms with van der Waals surface area (Å²) in [5, 5.41) is 3.46. The summed E-state index contributed by atoms with van der Waals surface area (Å²) >= 11 is 0. The van der Waals surface area contributed by atoms with Crippen molar-refractivity contribution < 1.29 is 14.2 Å². The molecular weight excluding hydrogens is 266 g/mol. The van der Waals surface area contributed by atoms with Crippen LogP contribution in [0.3, 0.4) is 0 Å². The van der Waals surface area contributed by atoms with Gasteiger partial charge in [0.15, 0.2) is 0 Å². The van der Waals surface area contributed by atoms with Gasteiger partial charge in [-0.05, 0) is 33.4 Å². The van der Waals surface area contributed by atoms with Gasteiger partial charge < -0.3 is 19.5 Å². The number of para-hydroxylation sites is 1. The Morgan fingerprint density at radius 2 is 1.81 bits per heavy atom. The first-order valence-corrected chi connectivity index (χ1v) is 7.87. The van der Waals surface area contributed by atoms with Crippen molar-refractivity contribution in [3.63, 3.8) is 0 Å². The lowest BCUT2D eigenvalue weighted by Gasteiger charge is -2.23. The lowest BCUT2D eigenvalue weighted by molar-refractivity contribution is -0.0117. The standard InChI is InChI=1S/C17H29NO3/c1-5-18-16(13-21-14(4)12-19-6-2)15-10-8-9-11-17(15)20-7-3/h8-11,14,16,18H,5-7,12-13H2,1-4H3. The lowest BCUT2D eigenvalue weighted by atomic mass is 10.1. The maximum Gasteiger partial charge on any atom is 0.124 e. The summed E-state index contributed by atoms with van der Waals surface area (Å²) in [5.41, 5.74) is 1.14. The second kappa shape index (κ2) is 10.6. The molecule has 1 aromatic carbocycles. The molecule has 1 N–H and O–H groups in total. The van der Waals surface area contributed by atoms with Gasteiger partial charge in [-0.1, -0.05) is 25.1 Å². The first-order chi connectivity index (χ1) is 10.2. The van der Waals surface area contributed by atoms with Crippen molar-refractivity contribution in [2.45, 2.75) is 39.8 Å². The second-order valence-corrected chi connectivity index (χ2v) is 4.88. The number of hydrogen-bond acceptors (Lipinski definition) is 4. The van der Waals surface area contributed by atoms with Crippen molar-refractivity contribution >= 4 is 0 Å². The second-order valence-electron chi connectivity index (χ2n) is 4.88. The number of hydrogen-bond donors (Lipinski definition) is 1. The molecule has 0 amide bonds. The van der Waals surface area contributed by atoms with Crippen LogP contribution in [0.4, 0.5) is 0 Å². The van der Waals surface area contributed by atoms with Crippen LogP contribution in [0, 0.1) is 0 Å². The monoisotopic (exact) mass is 295 g/mol. The summed E-state index contributed by atoms with van der Waals surface area (Å²) in [6.07, 6.45) is 0.0883.